The Morgan fingerprint density at radius 1 is 1.10 bits per heavy atom. The van der Waals surface area contributed by atoms with Crippen LogP contribution in [-0.4, -0.2) is 106 Å². The van der Waals surface area contributed by atoms with Crippen molar-refractivity contribution in [3.63, 3.8) is 0 Å². The van der Waals surface area contributed by atoms with E-state index in [1.54, 1.807) is 11.6 Å². The molecule has 0 radical (unpaired) electrons. The first-order valence-electron chi connectivity index (χ1n) is 13.5. The highest BCUT2D eigenvalue weighted by Gasteiger charge is 2.40. The first-order chi connectivity index (χ1) is 19.4. The van der Waals surface area contributed by atoms with Crippen molar-refractivity contribution in [2.24, 2.45) is 5.92 Å². The minimum absolute atomic E-state index is 0.0365. The lowest BCUT2D eigenvalue weighted by atomic mass is 9.81. The Kier molecular flexibility index (Phi) is 12.6. The number of aliphatic hydroxyl groups excluding tert-OH is 1. The molecule has 3 unspecified atom stereocenters. The number of para-hydroxylation sites is 1. The summed E-state index contributed by atoms with van der Waals surface area (Å²) in [5, 5.41) is 9.78. The van der Waals surface area contributed by atoms with Crippen molar-refractivity contribution in [2.45, 2.75) is 38.8 Å². The van der Waals surface area contributed by atoms with Crippen LogP contribution in [0.15, 0.2) is 42.3 Å². The van der Waals surface area contributed by atoms with Gasteiger partial charge in [-0.3, -0.25) is 14.2 Å². The number of fused-ring (bicyclic) bond motifs is 1. The molecule has 1 aromatic heterocycles. The first kappa shape index (κ1) is 31.7. The van der Waals surface area contributed by atoms with Crippen LogP contribution in [0, 0.1) is 5.92 Å². The van der Waals surface area contributed by atoms with E-state index in [-0.39, 0.29) is 49.2 Å². The van der Waals surface area contributed by atoms with Gasteiger partial charge in [-0.1, -0.05) is 18.2 Å². The molecule has 0 spiro atoms. The minimum atomic E-state index is -0.721. The number of carbonyl (C=O) groups excluding carboxylic acids is 2. The van der Waals surface area contributed by atoms with E-state index < -0.39 is 12.6 Å². The molecule has 2 aromatic rings. The number of likely N-dealkylation sites (N-methyl/N-ethyl adjacent to an activating group) is 1. The molecule has 3 atom stereocenters. The molecule has 0 saturated heterocycles. The monoisotopic (exact) mass is 562 g/mol. The molecule has 40 heavy (non-hydrogen) atoms. The fourth-order valence-electron chi connectivity index (χ4n) is 4.87. The van der Waals surface area contributed by atoms with Gasteiger partial charge in [-0.2, -0.15) is 0 Å². The Bertz CT molecular complexity index is 1130. The summed E-state index contributed by atoms with van der Waals surface area (Å²) in [6.45, 7) is 5.37. The Morgan fingerprint density at radius 2 is 1.80 bits per heavy atom. The zero-order valence-electron chi connectivity index (χ0n) is 24.0. The van der Waals surface area contributed by atoms with Crippen LogP contribution >= 0.6 is 0 Å². The minimum Gasteiger partial charge on any atom is -0.459 e. The number of ether oxygens (including phenoxy) is 6. The standard InChI is InChI=1S/C29H42N2O9/c1-6-39-29-22(11-13-37-15-16-38-14-12-32)23(17-26(40-29)28(34)30(3)19-27(35-4)36-5)24-18-31(20(2)33)25-10-8-7-9-21(24)25/h7-10,17-18,22-23,27,29,32H,6,11-16,19H2,1-5H3. The number of carbonyl (C=O) groups is 2. The van der Waals surface area contributed by atoms with E-state index in [9.17, 15) is 9.59 Å². The molecule has 0 fully saturated rings. The maximum Gasteiger partial charge on any atom is 0.288 e. The largest absolute Gasteiger partial charge is 0.459 e. The predicted octanol–water partition coefficient (Wildman–Crippen LogP) is 2.77. The van der Waals surface area contributed by atoms with Crippen LogP contribution in [0.25, 0.3) is 10.9 Å². The Balaban J connectivity index is 1.98. The highest BCUT2D eigenvalue weighted by atomic mass is 16.7. The molecule has 222 valence electrons. The number of benzene rings is 1. The molecule has 1 aliphatic rings. The molecule has 1 aliphatic heterocycles. The number of hydrogen-bond donors (Lipinski definition) is 1. The number of amides is 1. The molecule has 11 nitrogen and oxygen atoms in total. The van der Waals surface area contributed by atoms with Crippen LogP contribution in [0.3, 0.4) is 0 Å². The van der Waals surface area contributed by atoms with Gasteiger partial charge in [-0.15, -0.1) is 0 Å². The molecule has 2 heterocycles. The molecular weight excluding hydrogens is 520 g/mol. The van der Waals surface area contributed by atoms with E-state index in [1.807, 2.05) is 43.5 Å². The van der Waals surface area contributed by atoms with Crippen molar-refractivity contribution < 1.29 is 43.1 Å². The fraction of sp³-hybridized carbons (Fsp3) is 0.586. The number of rotatable bonds is 16. The van der Waals surface area contributed by atoms with Gasteiger partial charge in [0.25, 0.3) is 5.91 Å². The van der Waals surface area contributed by atoms with Gasteiger partial charge in [0.05, 0.1) is 38.5 Å². The van der Waals surface area contributed by atoms with E-state index in [1.165, 1.54) is 26.0 Å². The van der Waals surface area contributed by atoms with Gasteiger partial charge in [0.2, 0.25) is 12.2 Å². The lowest BCUT2D eigenvalue weighted by Crippen LogP contribution is -2.42. The van der Waals surface area contributed by atoms with Crippen molar-refractivity contribution in [2.75, 3.05) is 67.5 Å². The average Bonchev–Trinajstić information content (AvgIpc) is 3.35. The molecular formula is C29H42N2O9. The summed E-state index contributed by atoms with van der Waals surface area (Å²) in [6.07, 6.45) is 2.93. The maximum absolute atomic E-state index is 13.5. The van der Waals surface area contributed by atoms with Gasteiger partial charge < -0.3 is 38.4 Å². The molecule has 1 aromatic carbocycles. The van der Waals surface area contributed by atoms with Crippen molar-refractivity contribution in [3.8, 4) is 0 Å². The number of aliphatic hydroxyl groups is 1. The van der Waals surface area contributed by atoms with Crippen LogP contribution in [0.1, 0.15) is 36.5 Å². The molecule has 0 bridgehead atoms. The van der Waals surface area contributed by atoms with E-state index in [0.717, 1.165) is 16.5 Å². The summed E-state index contributed by atoms with van der Waals surface area (Å²) in [7, 11) is 4.68. The second kappa shape index (κ2) is 15.8. The Labute approximate surface area is 235 Å². The lowest BCUT2D eigenvalue weighted by Gasteiger charge is -2.37. The molecule has 0 saturated carbocycles. The highest BCUT2D eigenvalue weighted by Crippen LogP contribution is 2.42. The highest BCUT2D eigenvalue weighted by molar-refractivity contribution is 5.95. The number of hydrogen-bond acceptors (Lipinski definition) is 9. The number of nitrogens with zero attached hydrogens (tertiary/aromatic N) is 2. The van der Waals surface area contributed by atoms with Gasteiger partial charge >= 0.3 is 0 Å². The second-order valence-electron chi connectivity index (χ2n) is 9.48. The van der Waals surface area contributed by atoms with Gasteiger partial charge in [-0.25, -0.2) is 0 Å². The quantitative estimate of drug-likeness (QED) is 0.243. The van der Waals surface area contributed by atoms with Gasteiger partial charge in [0.1, 0.15) is 0 Å². The van der Waals surface area contributed by atoms with Gasteiger partial charge in [0.15, 0.2) is 12.0 Å². The summed E-state index contributed by atoms with van der Waals surface area (Å²) >= 11 is 0. The third-order valence-corrected chi connectivity index (χ3v) is 6.87. The van der Waals surface area contributed by atoms with Crippen molar-refractivity contribution >= 4 is 22.7 Å². The van der Waals surface area contributed by atoms with Crippen LogP contribution in [0.5, 0.6) is 0 Å². The van der Waals surface area contributed by atoms with Crippen LogP contribution in [0.2, 0.25) is 0 Å². The van der Waals surface area contributed by atoms with E-state index in [2.05, 4.69) is 0 Å². The summed E-state index contributed by atoms with van der Waals surface area (Å²) in [4.78, 5) is 27.5. The summed E-state index contributed by atoms with van der Waals surface area (Å²) in [6, 6.07) is 7.71. The van der Waals surface area contributed by atoms with Crippen LogP contribution in [-0.2, 0) is 33.2 Å². The number of aromatic nitrogens is 1. The first-order valence-corrected chi connectivity index (χ1v) is 13.5. The lowest BCUT2D eigenvalue weighted by molar-refractivity contribution is -0.174. The summed E-state index contributed by atoms with van der Waals surface area (Å²) < 4.78 is 35.5. The Hall–Kier alpha value is -2.80. The zero-order chi connectivity index (χ0) is 29.1. The third-order valence-electron chi connectivity index (χ3n) is 6.87. The van der Waals surface area contributed by atoms with Crippen LogP contribution < -0.4 is 0 Å². The van der Waals surface area contributed by atoms with Crippen molar-refractivity contribution in [3.05, 3.63) is 47.9 Å². The maximum atomic E-state index is 13.5. The number of allylic oxidation sites excluding steroid dienone is 1. The topological polar surface area (TPSA) is 118 Å². The molecule has 0 aliphatic carbocycles. The van der Waals surface area contributed by atoms with E-state index >= 15 is 0 Å². The third kappa shape index (κ3) is 7.90. The molecule has 1 amide bonds. The van der Waals surface area contributed by atoms with Gasteiger partial charge in [-0.05, 0) is 31.1 Å². The normalized spacial score (nSPS) is 19.1. The van der Waals surface area contributed by atoms with Crippen LogP contribution in [0.4, 0.5) is 0 Å². The molecule has 11 heteroatoms. The number of methoxy groups -OCH3 is 2. The van der Waals surface area contributed by atoms with Crippen molar-refractivity contribution in [1.29, 1.82) is 0 Å². The predicted molar refractivity (Wildman–Crippen MR) is 148 cm³/mol. The second-order valence-corrected chi connectivity index (χ2v) is 9.48. The average molecular weight is 563 g/mol. The van der Waals surface area contributed by atoms with Crippen molar-refractivity contribution in [1.82, 2.24) is 9.47 Å². The summed E-state index contributed by atoms with van der Waals surface area (Å²) in [5.74, 6) is -0.801. The smallest absolute Gasteiger partial charge is 0.288 e. The zero-order valence-corrected chi connectivity index (χ0v) is 24.0. The SMILES string of the molecule is CCOC1OC(C(=O)N(C)CC(OC)OC)=CC(c2cn(C(C)=O)c3ccccc23)C1CCOCCOCCO. The molecule has 3 rings (SSSR count). The van der Waals surface area contributed by atoms with E-state index in [0.29, 0.717) is 32.8 Å². The van der Waals surface area contributed by atoms with E-state index in [4.69, 9.17) is 33.5 Å². The van der Waals surface area contributed by atoms with Gasteiger partial charge in [0, 0.05) is 64.8 Å². The Morgan fingerprint density at radius 3 is 2.45 bits per heavy atom. The summed E-state index contributed by atoms with van der Waals surface area (Å²) in [5.41, 5.74) is 1.69. The molecule has 1 N–H and O–H groups in total. The fourth-order valence-corrected chi connectivity index (χ4v) is 4.87.